The van der Waals surface area contributed by atoms with Gasteiger partial charge in [-0.15, -0.1) is 11.3 Å². The van der Waals surface area contributed by atoms with Crippen LogP contribution in [0.1, 0.15) is 43.2 Å². The minimum atomic E-state index is -0.458. The molecule has 3 unspecified atom stereocenters. The second-order valence-corrected chi connectivity index (χ2v) is 7.28. The molecule has 0 bridgehead atoms. The van der Waals surface area contributed by atoms with E-state index in [4.69, 9.17) is 0 Å². The van der Waals surface area contributed by atoms with Crippen molar-refractivity contribution in [2.45, 2.75) is 51.8 Å². The maximum atomic E-state index is 12.2. The molecule has 1 heterocycles. The summed E-state index contributed by atoms with van der Waals surface area (Å²) in [6.45, 7) is 6.00. The number of carbonyl (C=O) groups excluding carboxylic acids is 1. The van der Waals surface area contributed by atoms with Crippen LogP contribution in [-0.2, 0) is 4.79 Å². The smallest absolute Gasteiger partial charge is 0.225 e. The van der Waals surface area contributed by atoms with Crippen LogP contribution in [0.2, 0.25) is 0 Å². The summed E-state index contributed by atoms with van der Waals surface area (Å²) >= 11 is 1.56. The molecule has 0 aliphatic carbocycles. The lowest BCUT2D eigenvalue weighted by Gasteiger charge is -2.22. The van der Waals surface area contributed by atoms with Gasteiger partial charge < -0.3 is 15.7 Å². The Balaban J connectivity index is 1.76. The third-order valence-corrected chi connectivity index (χ3v) is 4.90. The molecular formula is C19H26N2O2S. The SMILES string of the molecule is Cc1ccccc1NC(=O)CC(C)NC(C)CC(O)c1cccs1. The number of carbonyl (C=O) groups is 1. The molecule has 0 aliphatic heterocycles. The lowest BCUT2D eigenvalue weighted by molar-refractivity contribution is -0.116. The molecule has 0 spiro atoms. The molecule has 1 aromatic heterocycles. The Bertz CT molecular complexity index is 643. The van der Waals surface area contributed by atoms with Gasteiger partial charge in [0, 0.05) is 29.1 Å². The van der Waals surface area contributed by atoms with Crippen molar-refractivity contribution in [2.24, 2.45) is 0 Å². The highest BCUT2D eigenvalue weighted by Gasteiger charge is 2.16. The van der Waals surface area contributed by atoms with Crippen molar-refractivity contribution < 1.29 is 9.90 Å². The van der Waals surface area contributed by atoms with Gasteiger partial charge in [-0.05, 0) is 50.3 Å². The number of anilines is 1. The molecule has 3 N–H and O–H groups in total. The summed E-state index contributed by atoms with van der Waals surface area (Å²) in [5, 5.41) is 18.5. The van der Waals surface area contributed by atoms with Gasteiger partial charge in [-0.1, -0.05) is 24.3 Å². The van der Waals surface area contributed by atoms with Crippen LogP contribution < -0.4 is 10.6 Å². The molecule has 1 aromatic carbocycles. The summed E-state index contributed by atoms with van der Waals surface area (Å²) in [7, 11) is 0. The first-order valence-electron chi connectivity index (χ1n) is 8.28. The van der Waals surface area contributed by atoms with E-state index in [-0.39, 0.29) is 18.0 Å². The second-order valence-electron chi connectivity index (χ2n) is 6.30. The Labute approximate surface area is 147 Å². The third-order valence-electron chi connectivity index (χ3n) is 3.93. The van der Waals surface area contributed by atoms with E-state index in [9.17, 15) is 9.90 Å². The van der Waals surface area contributed by atoms with Gasteiger partial charge in [0.05, 0.1) is 6.10 Å². The quantitative estimate of drug-likeness (QED) is 0.680. The molecule has 3 atom stereocenters. The van der Waals surface area contributed by atoms with E-state index in [1.54, 1.807) is 11.3 Å². The average molecular weight is 346 g/mol. The summed E-state index contributed by atoms with van der Waals surface area (Å²) in [6.07, 6.45) is 0.568. The Morgan fingerprint density at radius 1 is 1.17 bits per heavy atom. The summed E-state index contributed by atoms with van der Waals surface area (Å²) in [5.41, 5.74) is 1.91. The molecular weight excluding hydrogens is 320 g/mol. The molecule has 0 aliphatic rings. The molecule has 24 heavy (non-hydrogen) atoms. The zero-order chi connectivity index (χ0) is 17.5. The largest absolute Gasteiger partial charge is 0.388 e. The Kier molecular flexibility index (Phi) is 6.97. The number of aliphatic hydroxyl groups is 1. The zero-order valence-corrected chi connectivity index (χ0v) is 15.3. The maximum Gasteiger partial charge on any atom is 0.225 e. The molecule has 0 radical (unpaired) electrons. The predicted octanol–water partition coefficient (Wildman–Crippen LogP) is 3.88. The third kappa shape index (κ3) is 5.74. The standard InChI is InChI=1S/C19H26N2O2S/c1-13-7-4-5-8-16(13)21-19(23)12-15(3)20-14(2)11-17(22)18-9-6-10-24-18/h4-10,14-15,17,20,22H,11-12H2,1-3H3,(H,21,23). The van der Waals surface area contributed by atoms with Gasteiger partial charge in [0.15, 0.2) is 0 Å². The minimum Gasteiger partial charge on any atom is -0.388 e. The van der Waals surface area contributed by atoms with Gasteiger partial charge in [-0.2, -0.15) is 0 Å². The highest BCUT2D eigenvalue weighted by Crippen LogP contribution is 2.23. The monoisotopic (exact) mass is 346 g/mol. The molecule has 2 rings (SSSR count). The fraction of sp³-hybridized carbons (Fsp3) is 0.421. The van der Waals surface area contributed by atoms with E-state index in [0.717, 1.165) is 16.1 Å². The van der Waals surface area contributed by atoms with E-state index < -0.39 is 6.10 Å². The maximum absolute atomic E-state index is 12.2. The number of nitrogens with one attached hydrogen (secondary N) is 2. The van der Waals surface area contributed by atoms with Crippen LogP contribution in [0.3, 0.4) is 0 Å². The molecule has 4 nitrogen and oxygen atoms in total. The molecule has 0 fully saturated rings. The van der Waals surface area contributed by atoms with Gasteiger partial charge in [0.1, 0.15) is 0 Å². The van der Waals surface area contributed by atoms with Crippen molar-refractivity contribution in [3.05, 3.63) is 52.2 Å². The van der Waals surface area contributed by atoms with Crippen LogP contribution >= 0.6 is 11.3 Å². The van der Waals surface area contributed by atoms with E-state index in [1.165, 1.54) is 0 Å². The van der Waals surface area contributed by atoms with E-state index in [0.29, 0.717) is 12.8 Å². The van der Waals surface area contributed by atoms with Crippen molar-refractivity contribution in [1.82, 2.24) is 5.32 Å². The number of amides is 1. The van der Waals surface area contributed by atoms with Crippen LogP contribution in [0, 0.1) is 6.92 Å². The molecule has 0 saturated carbocycles. The highest BCUT2D eigenvalue weighted by atomic mass is 32.1. The van der Waals surface area contributed by atoms with Crippen molar-refractivity contribution in [1.29, 1.82) is 0 Å². The van der Waals surface area contributed by atoms with Crippen LogP contribution in [0.15, 0.2) is 41.8 Å². The minimum absolute atomic E-state index is 0.00435. The second kappa shape index (κ2) is 8.97. The van der Waals surface area contributed by atoms with Gasteiger partial charge in [0.2, 0.25) is 5.91 Å². The van der Waals surface area contributed by atoms with E-state index in [1.807, 2.05) is 62.5 Å². The van der Waals surface area contributed by atoms with Crippen molar-refractivity contribution in [3.8, 4) is 0 Å². The van der Waals surface area contributed by atoms with Crippen LogP contribution in [0.25, 0.3) is 0 Å². The fourth-order valence-corrected chi connectivity index (χ4v) is 3.46. The highest BCUT2D eigenvalue weighted by molar-refractivity contribution is 7.10. The summed E-state index contributed by atoms with van der Waals surface area (Å²) in [5.74, 6) is -0.00435. The fourth-order valence-electron chi connectivity index (χ4n) is 2.74. The number of rotatable bonds is 8. The van der Waals surface area contributed by atoms with Gasteiger partial charge >= 0.3 is 0 Å². The van der Waals surface area contributed by atoms with Crippen LogP contribution in [0.4, 0.5) is 5.69 Å². The normalized spacial score (nSPS) is 14.8. The molecule has 130 valence electrons. The first-order valence-corrected chi connectivity index (χ1v) is 9.16. The first-order chi connectivity index (χ1) is 11.5. The Hall–Kier alpha value is -1.69. The molecule has 1 amide bonds. The summed E-state index contributed by atoms with van der Waals surface area (Å²) < 4.78 is 0. The van der Waals surface area contributed by atoms with Crippen molar-refractivity contribution in [3.63, 3.8) is 0 Å². The number of thiophene rings is 1. The lowest BCUT2D eigenvalue weighted by Crippen LogP contribution is -2.37. The number of hydrogen-bond acceptors (Lipinski definition) is 4. The number of aliphatic hydroxyl groups excluding tert-OH is 1. The summed E-state index contributed by atoms with van der Waals surface area (Å²) in [4.78, 5) is 13.1. The topological polar surface area (TPSA) is 61.4 Å². The van der Waals surface area contributed by atoms with Crippen molar-refractivity contribution in [2.75, 3.05) is 5.32 Å². The molecule has 0 saturated heterocycles. The van der Waals surface area contributed by atoms with E-state index >= 15 is 0 Å². The molecule has 2 aromatic rings. The average Bonchev–Trinajstić information content (AvgIpc) is 3.03. The first kappa shape index (κ1) is 18.6. The number of benzene rings is 1. The lowest BCUT2D eigenvalue weighted by atomic mass is 10.1. The number of aryl methyl sites for hydroxylation is 1. The predicted molar refractivity (Wildman–Crippen MR) is 100 cm³/mol. The van der Waals surface area contributed by atoms with E-state index in [2.05, 4.69) is 10.6 Å². The van der Waals surface area contributed by atoms with Gasteiger partial charge in [0.25, 0.3) is 0 Å². The van der Waals surface area contributed by atoms with Gasteiger partial charge in [-0.3, -0.25) is 4.79 Å². The zero-order valence-electron chi connectivity index (χ0n) is 14.5. The molecule has 5 heteroatoms. The van der Waals surface area contributed by atoms with Crippen LogP contribution in [-0.4, -0.2) is 23.1 Å². The van der Waals surface area contributed by atoms with Gasteiger partial charge in [-0.25, -0.2) is 0 Å². The number of para-hydroxylation sites is 1. The summed E-state index contributed by atoms with van der Waals surface area (Å²) in [6, 6.07) is 11.8. The Morgan fingerprint density at radius 2 is 1.92 bits per heavy atom. The van der Waals surface area contributed by atoms with Crippen LogP contribution in [0.5, 0.6) is 0 Å². The number of hydrogen-bond donors (Lipinski definition) is 3. The Morgan fingerprint density at radius 3 is 2.58 bits per heavy atom. The van der Waals surface area contributed by atoms with Crippen molar-refractivity contribution >= 4 is 22.9 Å².